The molecule has 2 amide bonds. The molecule has 1 saturated heterocycles. The second-order valence-electron chi connectivity index (χ2n) is 20.2. The number of carbonyl (C=O) groups excluding carboxylic acids is 3. The summed E-state index contributed by atoms with van der Waals surface area (Å²) in [6.45, 7) is 11.4. The highest BCUT2D eigenvalue weighted by molar-refractivity contribution is 5.77. The van der Waals surface area contributed by atoms with Crippen molar-refractivity contribution in [1.82, 2.24) is 10.6 Å². The van der Waals surface area contributed by atoms with Gasteiger partial charge in [0, 0.05) is 19.4 Å². The first-order valence-corrected chi connectivity index (χ1v) is 24.4. The molecule has 5 rings (SSSR count). The molecule has 0 radical (unpaired) electrons. The largest absolute Gasteiger partial charge is 0.465 e. The number of methoxy groups -OCH3 is 1. The van der Waals surface area contributed by atoms with E-state index in [1.165, 1.54) is 136 Å². The van der Waals surface area contributed by atoms with E-state index < -0.39 is 0 Å². The van der Waals surface area contributed by atoms with E-state index >= 15 is 0 Å². The highest BCUT2D eigenvalue weighted by Crippen LogP contribution is 2.68. The molecule has 11 atom stereocenters. The average Bonchev–Trinajstić information content (AvgIpc) is 3.82. The van der Waals surface area contributed by atoms with E-state index in [1.54, 1.807) is 0 Å². The number of unbranched alkanes of at least 4 members (excludes halogenated alkanes) is 12. The van der Waals surface area contributed by atoms with Crippen molar-refractivity contribution in [2.75, 3.05) is 20.2 Å². The van der Waals surface area contributed by atoms with Crippen LogP contribution in [0, 0.1) is 46.3 Å². The minimum atomic E-state index is -0.202. The summed E-state index contributed by atoms with van der Waals surface area (Å²) < 4.78 is 11.0. The van der Waals surface area contributed by atoms with E-state index in [2.05, 4.69) is 50.5 Å². The normalized spacial score (nSPS) is 33.9. The first-order valence-electron chi connectivity index (χ1n) is 24.4. The Morgan fingerprint density at radius 2 is 1.46 bits per heavy atom. The van der Waals surface area contributed by atoms with Gasteiger partial charge in [0.15, 0.2) is 6.04 Å². The summed E-state index contributed by atoms with van der Waals surface area (Å²) in [5, 5.41) is 8.27. The van der Waals surface area contributed by atoms with Crippen LogP contribution in [-0.4, -0.2) is 56.4 Å². The molecular formula is C49H86N3O5+. The van der Waals surface area contributed by atoms with Gasteiger partial charge in [0.05, 0.1) is 19.7 Å². The number of hydrogen-bond donors (Lipinski definition) is 3. The van der Waals surface area contributed by atoms with Crippen molar-refractivity contribution >= 4 is 18.0 Å². The van der Waals surface area contributed by atoms with Crippen molar-refractivity contribution < 1.29 is 29.2 Å². The van der Waals surface area contributed by atoms with Crippen molar-refractivity contribution in [3.8, 4) is 0 Å². The monoisotopic (exact) mass is 797 g/mol. The van der Waals surface area contributed by atoms with Gasteiger partial charge in [-0.1, -0.05) is 97.6 Å². The number of amides is 2. The van der Waals surface area contributed by atoms with Gasteiger partial charge < -0.3 is 25.4 Å². The van der Waals surface area contributed by atoms with Crippen LogP contribution in [0.25, 0.3) is 0 Å². The molecule has 4 saturated carbocycles. The molecule has 8 heteroatoms. The van der Waals surface area contributed by atoms with Crippen LogP contribution in [0.2, 0.25) is 0 Å². The molecule has 0 spiro atoms. The predicted octanol–water partition coefficient (Wildman–Crippen LogP) is 10.2. The molecule has 1 aliphatic heterocycles. The van der Waals surface area contributed by atoms with Crippen LogP contribution in [0.1, 0.15) is 195 Å². The van der Waals surface area contributed by atoms with E-state index in [1.807, 2.05) is 5.32 Å². The number of nitrogens with two attached hydrogens (primary N) is 1. The molecule has 8 nitrogen and oxygen atoms in total. The van der Waals surface area contributed by atoms with Gasteiger partial charge in [-0.2, -0.15) is 0 Å². The topological polar surface area (TPSA) is 110 Å². The van der Waals surface area contributed by atoms with Crippen molar-refractivity contribution in [3.63, 3.8) is 0 Å². The number of alkyl carbamates (subject to hydrolysis) is 1. The highest BCUT2D eigenvalue weighted by atomic mass is 16.6. The predicted molar refractivity (Wildman–Crippen MR) is 230 cm³/mol. The molecular weight excluding hydrogens is 711 g/mol. The molecule has 4 unspecified atom stereocenters. The third kappa shape index (κ3) is 12.7. The lowest BCUT2D eigenvalue weighted by atomic mass is 9.44. The van der Waals surface area contributed by atoms with Gasteiger partial charge in [-0.25, -0.2) is 9.59 Å². The second-order valence-corrected chi connectivity index (χ2v) is 20.2. The Labute approximate surface area is 348 Å². The van der Waals surface area contributed by atoms with E-state index in [4.69, 9.17) is 9.47 Å². The van der Waals surface area contributed by atoms with E-state index in [0.29, 0.717) is 41.4 Å². The average molecular weight is 797 g/mol. The number of nitrogens with one attached hydrogen (secondary N) is 2. The Balaban J connectivity index is 0.935. The van der Waals surface area contributed by atoms with Gasteiger partial charge >= 0.3 is 12.1 Å². The minimum Gasteiger partial charge on any atom is -0.465 e. The highest BCUT2D eigenvalue weighted by Gasteiger charge is 2.60. The van der Waals surface area contributed by atoms with Crippen LogP contribution in [0.15, 0.2) is 12.2 Å². The summed E-state index contributed by atoms with van der Waals surface area (Å²) in [4.78, 5) is 37.7. The van der Waals surface area contributed by atoms with Gasteiger partial charge in [-0.3, -0.25) is 4.79 Å². The maximum absolute atomic E-state index is 13.0. The first-order chi connectivity index (χ1) is 27.6. The van der Waals surface area contributed by atoms with Crippen LogP contribution in [0.3, 0.4) is 0 Å². The summed E-state index contributed by atoms with van der Waals surface area (Å²) in [5.74, 6) is 4.19. The molecule has 0 aromatic heterocycles. The van der Waals surface area contributed by atoms with Gasteiger partial charge in [0.1, 0.15) is 6.10 Å². The molecule has 4 N–H and O–H groups in total. The van der Waals surface area contributed by atoms with Gasteiger partial charge in [-0.15, -0.1) is 0 Å². The van der Waals surface area contributed by atoms with E-state index in [9.17, 15) is 14.4 Å². The third-order valence-corrected chi connectivity index (χ3v) is 16.5. The van der Waals surface area contributed by atoms with E-state index in [-0.39, 0.29) is 36.2 Å². The number of fused-ring (bicyclic) bond motifs is 5. The molecule has 0 bridgehead atoms. The Morgan fingerprint density at radius 1 is 0.789 bits per heavy atom. The number of ether oxygens (including phenoxy) is 2. The maximum atomic E-state index is 13.0. The Hall–Kier alpha value is -2.09. The van der Waals surface area contributed by atoms with Gasteiger partial charge in [-0.05, 0) is 143 Å². The van der Waals surface area contributed by atoms with Crippen molar-refractivity contribution in [1.29, 1.82) is 0 Å². The van der Waals surface area contributed by atoms with E-state index in [0.717, 1.165) is 56.5 Å². The molecule has 1 heterocycles. The zero-order valence-electron chi connectivity index (χ0n) is 37.3. The lowest BCUT2D eigenvalue weighted by Gasteiger charge is -2.61. The smallest absolute Gasteiger partial charge is 0.407 e. The number of esters is 1. The minimum absolute atomic E-state index is 0.0489. The fraction of sp³-hybridized carbons (Fsp3) is 0.898. The molecule has 57 heavy (non-hydrogen) atoms. The Kier molecular flexibility index (Phi) is 18.6. The summed E-state index contributed by atoms with van der Waals surface area (Å²) in [6, 6.07) is -0.147. The fourth-order valence-corrected chi connectivity index (χ4v) is 13.2. The van der Waals surface area contributed by atoms with Crippen molar-refractivity contribution in [2.45, 2.75) is 213 Å². The molecule has 4 aliphatic carbocycles. The van der Waals surface area contributed by atoms with Crippen molar-refractivity contribution in [3.05, 3.63) is 12.2 Å². The fourth-order valence-electron chi connectivity index (χ4n) is 13.2. The number of carbonyl (C=O) groups is 3. The molecule has 5 fully saturated rings. The summed E-state index contributed by atoms with van der Waals surface area (Å²) in [7, 11) is 1.43. The van der Waals surface area contributed by atoms with Gasteiger partial charge in [0.25, 0.3) is 0 Å². The van der Waals surface area contributed by atoms with Crippen molar-refractivity contribution in [2.24, 2.45) is 46.3 Å². The Morgan fingerprint density at radius 3 is 2.18 bits per heavy atom. The number of allylic oxidation sites excluding steroid dienone is 2. The lowest BCUT2D eigenvalue weighted by molar-refractivity contribution is -0.659. The zero-order valence-corrected chi connectivity index (χ0v) is 37.3. The maximum Gasteiger partial charge on any atom is 0.407 e. The molecule has 0 aromatic rings. The van der Waals surface area contributed by atoms with Crippen LogP contribution < -0.4 is 16.0 Å². The van der Waals surface area contributed by atoms with Gasteiger partial charge in [0.2, 0.25) is 5.91 Å². The van der Waals surface area contributed by atoms with Crippen LogP contribution >= 0.6 is 0 Å². The number of hydrogen-bond acceptors (Lipinski definition) is 5. The van der Waals surface area contributed by atoms with Crippen LogP contribution in [0.4, 0.5) is 4.79 Å². The quantitative estimate of drug-likeness (QED) is 0.0542. The molecule has 0 aromatic carbocycles. The lowest BCUT2D eigenvalue weighted by Crippen LogP contribution is -2.89. The first kappa shape index (κ1) is 46.0. The SMILES string of the molecule is CCCCCCCC/C=C\CCCCCCCCNC(=O)O[C@@H]1CC[C@@]2(C)C(CCC3C2CC[C@@]2(C)C3CC[C@@H]2[C@H](C)CCC(=O)N[C@@H]2C[NH2+][C@H](C(=O)OC)C2)C1. The van der Waals surface area contributed by atoms with Crippen LogP contribution in [0.5, 0.6) is 0 Å². The summed E-state index contributed by atoms with van der Waals surface area (Å²) >= 11 is 0. The van der Waals surface area contributed by atoms with Crippen LogP contribution in [-0.2, 0) is 19.1 Å². The zero-order chi connectivity index (χ0) is 40.7. The number of quaternary nitrogens is 1. The third-order valence-electron chi connectivity index (χ3n) is 16.5. The molecule has 326 valence electrons. The molecule has 5 aliphatic rings. The second kappa shape index (κ2) is 23.1. The number of rotatable bonds is 23. The standard InChI is InChI=1S/C49H85N3O5/c1-6-7-8-9-10-11-12-13-14-15-16-17-18-19-20-21-32-50-47(55)57-39-28-30-48(3)37(33-39)23-24-40-42-26-25-41(49(42,4)31-29-43(40)48)36(2)22-27-45(53)52-38-34-44(51-35-38)46(54)56-5/h13-14,36-44,51H,6-12,15-35H2,1-5H3,(H,50,55)(H,52,53)/p+1/b14-13-/t36-,37?,38+,39-,40?,41-,42?,43?,44+,48+,49-/m1/s1. The summed E-state index contributed by atoms with van der Waals surface area (Å²) in [6.07, 6.45) is 36.0. The summed E-state index contributed by atoms with van der Waals surface area (Å²) in [5.41, 5.74) is 0.730. The Bertz CT molecular complexity index is 1270.